The van der Waals surface area contributed by atoms with Crippen LogP contribution in [0.2, 0.25) is 0 Å². The normalized spacial score (nSPS) is 20.9. The van der Waals surface area contributed by atoms with E-state index in [9.17, 15) is 5.11 Å². The van der Waals surface area contributed by atoms with Crippen LogP contribution in [-0.2, 0) is 4.74 Å². The zero-order chi connectivity index (χ0) is 13.7. The fourth-order valence-corrected chi connectivity index (χ4v) is 2.71. The summed E-state index contributed by atoms with van der Waals surface area (Å²) in [7, 11) is 0. The first-order valence-electron chi connectivity index (χ1n) is 6.96. The third kappa shape index (κ3) is 4.56. The number of aliphatic hydroxyl groups is 1. The number of likely N-dealkylation sites (N-methyl/N-ethyl adjacent to an activating group) is 1. The van der Waals surface area contributed by atoms with Gasteiger partial charge in [0.2, 0.25) is 0 Å². The van der Waals surface area contributed by atoms with Gasteiger partial charge in [0.25, 0.3) is 0 Å². The van der Waals surface area contributed by atoms with Gasteiger partial charge < -0.3 is 9.84 Å². The number of rotatable bonds is 6. The van der Waals surface area contributed by atoms with Gasteiger partial charge in [-0.05, 0) is 37.1 Å². The smallest absolute Gasteiger partial charge is 0.0916 e. The summed E-state index contributed by atoms with van der Waals surface area (Å²) in [6.45, 7) is 5.54. The monoisotopic (exact) mass is 327 g/mol. The van der Waals surface area contributed by atoms with Crippen molar-refractivity contribution >= 4 is 15.9 Å². The predicted octanol–water partition coefficient (Wildman–Crippen LogP) is 2.98. The van der Waals surface area contributed by atoms with E-state index < -0.39 is 6.10 Å². The van der Waals surface area contributed by atoms with E-state index in [0.717, 1.165) is 42.6 Å². The highest BCUT2D eigenvalue weighted by Crippen LogP contribution is 2.19. The van der Waals surface area contributed by atoms with Crippen molar-refractivity contribution < 1.29 is 9.84 Å². The molecule has 106 valence electrons. The van der Waals surface area contributed by atoms with E-state index in [-0.39, 0.29) is 0 Å². The third-order valence-electron chi connectivity index (χ3n) is 3.62. The molecule has 4 heteroatoms. The van der Waals surface area contributed by atoms with Gasteiger partial charge in [0.05, 0.1) is 12.2 Å². The second-order valence-electron chi connectivity index (χ2n) is 5.05. The van der Waals surface area contributed by atoms with Crippen LogP contribution in [0.25, 0.3) is 0 Å². The topological polar surface area (TPSA) is 32.7 Å². The van der Waals surface area contributed by atoms with Crippen molar-refractivity contribution in [2.45, 2.75) is 32.0 Å². The van der Waals surface area contributed by atoms with Crippen LogP contribution in [0.5, 0.6) is 0 Å². The van der Waals surface area contributed by atoms with Crippen molar-refractivity contribution in [3.63, 3.8) is 0 Å². The summed E-state index contributed by atoms with van der Waals surface area (Å²) < 4.78 is 6.70. The van der Waals surface area contributed by atoms with Crippen molar-refractivity contribution in [3.05, 3.63) is 34.3 Å². The lowest BCUT2D eigenvalue weighted by atomic mass is 10.1. The van der Waals surface area contributed by atoms with E-state index in [1.165, 1.54) is 0 Å². The Morgan fingerprint density at radius 2 is 2.16 bits per heavy atom. The second-order valence-corrected chi connectivity index (χ2v) is 5.97. The Balaban J connectivity index is 1.87. The summed E-state index contributed by atoms with van der Waals surface area (Å²) in [6.07, 6.45) is 2.22. The van der Waals surface area contributed by atoms with Gasteiger partial charge in [-0.2, -0.15) is 0 Å². The molecule has 1 aliphatic rings. The second kappa shape index (κ2) is 7.39. The minimum atomic E-state index is -0.436. The van der Waals surface area contributed by atoms with Crippen LogP contribution in [0, 0.1) is 0 Å². The average molecular weight is 328 g/mol. The fraction of sp³-hybridized carbons (Fsp3) is 0.600. The van der Waals surface area contributed by atoms with E-state index in [2.05, 4.69) is 27.8 Å². The number of hydrogen-bond donors (Lipinski definition) is 1. The van der Waals surface area contributed by atoms with Gasteiger partial charge in [-0.1, -0.05) is 35.0 Å². The van der Waals surface area contributed by atoms with Crippen molar-refractivity contribution in [3.8, 4) is 0 Å². The molecule has 2 atom stereocenters. The highest BCUT2D eigenvalue weighted by molar-refractivity contribution is 9.10. The van der Waals surface area contributed by atoms with Gasteiger partial charge in [0.15, 0.2) is 0 Å². The minimum absolute atomic E-state index is 0.345. The molecule has 2 unspecified atom stereocenters. The lowest BCUT2D eigenvalue weighted by molar-refractivity contribution is 0.0516. The number of hydrogen-bond acceptors (Lipinski definition) is 3. The Kier molecular flexibility index (Phi) is 5.82. The van der Waals surface area contributed by atoms with Crippen LogP contribution in [0.3, 0.4) is 0 Å². The van der Waals surface area contributed by atoms with Gasteiger partial charge in [-0.3, -0.25) is 4.90 Å². The molecule has 0 radical (unpaired) electrons. The fourth-order valence-electron chi connectivity index (χ4n) is 2.44. The molecule has 1 heterocycles. The zero-order valence-electron chi connectivity index (χ0n) is 11.4. The summed E-state index contributed by atoms with van der Waals surface area (Å²) in [5.41, 5.74) is 0.967. The van der Waals surface area contributed by atoms with Gasteiger partial charge >= 0.3 is 0 Å². The van der Waals surface area contributed by atoms with Gasteiger partial charge in [0.1, 0.15) is 0 Å². The zero-order valence-corrected chi connectivity index (χ0v) is 13.0. The van der Waals surface area contributed by atoms with E-state index in [1.807, 2.05) is 24.3 Å². The van der Waals surface area contributed by atoms with Gasteiger partial charge in [-0.15, -0.1) is 0 Å². The quantitative estimate of drug-likeness (QED) is 0.871. The maximum absolute atomic E-state index is 10.3. The number of benzene rings is 1. The molecular formula is C15H22BrNO2. The molecule has 0 bridgehead atoms. The SMILES string of the molecule is CCN(CC1CCCO1)CC(O)c1ccc(Br)cc1. The number of nitrogens with zero attached hydrogens (tertiary/aromatic N) is 1. The van der Waals surface area contributed by atoms with Gasteiger partial charge in [-0.25, -0.2) is 0 Å². The molecule has 0 aliphatic carbocycles. The Bertz CT molecular complexity index is 376. The average Bonchev–Trinajstić information content (AvgIpc) is 2.91. The number of halogens is 1. The van der Waals surface area contributed by atoms with Crippen LogP contribution in [0.1, 0.15) is 31.4 Å². The molecule has 3 nitrogen and oxygen atoms in total. The van der Waals surface area contributed by atoms with E-state index in [0.29, 0.717) is 12.6 Å². The number of aliphatic hydroxyl groups excluding tert-OH is 1. The molecule has 0 saturated carbocycles. The van der Waals surface area contributed by atoms with Crippen LogP contribution in [0.15, 0.2) is 28.7 Å². The van der Waals surface area contributed by atoms with Crippen LogP contribution in [0.4, 0.5) is 0 Å². The Hall–Kier alpha value is -0.420. The molecule has 1 aliphatic heterocycles. The standard InChI is InChI=1S/C15H22BrNO2/c1-2-17(10-14-4-3-9-19-14)11-15(18)12-5-7-13(16)8-6-12/h5-8,14-15,18H,2-4,9-11H2,1H3. The maximum atomic E-state index is 10.3. The first kappa shape index (κ1) is 15.0. The summed E-state index contributed by atoms with van der Waals surface area (Å²) in [5, 5.41) is 10.3. The van der Waals surface area contributed by atoms with E-state index in [1.54, 1.807) is 0 Å². The molecular weight excluding hydrogens is 306 g/mol. The van der Waals surface area contributed by atoms with E-state index >= 15 is 0 Å². The Labute approximate surface area is 123 Å². The highest BCUT2D eigenvalue weighted by atomic mass is 79.9. The largest absolute Gasteiger partial charge is 0.387 e. The highest BCUT2D eigenvalue weighted by Gasteiger charge is 2.20. The van der Waals surface area contributed by atoms with Crippen molar-refractivity contribution in [1.29, 1.82) is 0 Å². The molecule has 1 aromatic rings. The summed E-state index contributed by atoms with van der Waals surface area (Å²) in [4.78, 5) is 2.27. The molecule has 19 heavy (non-hydrogen) atoms. The lowest BCUT2D eigenvalue weighted by Crippen LogP contribution is -2.35. The van der Waals surface area contributed by atoms with E-state index in [4.69, 9.17) is 4.74 Å². The molecule has 0 spiro atoms. The van der Waals surface area contributed by atoms with Crippen LogP contribution in [-0.4, -0.2) is 42.4 Å². The summed E-state index contributed by atoms with van der Waals surface area (Å²) in [6, 6.07) is 7.87. The maximum Gasteiger partial charge on any atom is 0.0916 e. The van der Waals surface area contributed by atoms with Crippen molar-refractivity contribution in [2.24, 2.45) is 0 Å². The number of ether oxygens (including phenoxy) is 1. The van der Waals surface area contributed by atoms with Crippen LogP contribution < -0.4 is 0 Å². The predicted molar refractivity (Wildman–Crippen MR) is 80.2 cm³/mol. The van der Waals surface area contributed by atoms with Gasteiger partial charge in [0, 0.05) is 24.2 Å². The van der Waals surface area contributed by atoms with Crippen molar-refractivity contribution in [2.75, 3.05) is 26.2 Å². The van der Waals surface area contributed by atoms with Crippen molar-refractivity contribution in [1.82, 2.24) is 4.90 Å². The lowest BCUT2D eigenvalue weighted by Gasteiger charge is -2.26. The molecule has 1 saturated heterocycles. The molecule has 1 fully saturated rings. The molecule has 2 rings (SSSR count). The Morgan fingerprint density at radius 3 is 2.74 bits per heavy atom. The molecule has 1 aromatic carbocycles. The summed E-state index contributed by atoms with van der Waals surface area (Å²) in [5.74, 6) is 0. The summed E-state index contributed by atoms with van der Waals surface area (Å²) >= 11 is 3.41. The minimum Gasteiger partial charge on any atom is -0.387 e. The molecule has 1 N–H and O–H groups in total. The van der Waals surface area contributed by atoms with Crippen LogP contribution >= 0.6 is 15.9 Å². The third-order valence-corrected chi connectivity index (χ3v) is 4.15. The first-order valence-corrected chi connectivity index (χ1v) is 7.76. The molecule has 0 aromatic heterocycles. The molecule has 0 amide bonds. The Morgan fingerprint density at radius 1 is 1.42 bits per heavy atom. The first-order chi connectivity index (χ1) is 9.19.